The fourth-order valence-corrected chi connectivity index (χ4v) is 4.20. The molecule has 3 nitrogen and oxygen atoms in total. The van der Waals surface area contributed by atoms with Gasteiger partial charge in [0.25, 0.3) is 0 Å². The van der Waals surface area contributed by atoms with E-state index >= 15 is 0 Å². The van der Waals surface area contributed by atoms with Gasteiger partial charge < -0.3 is 29.8 Å². The van der Waals surface area contributed by atoms with Gasteiger partial charge in [0, 0.05) is 23.7 Å². The standard InChI is InChI=1S/C19H24N2.C14H20N.2ClH.Co/c1-13(2)17-9-6-10-18(14(3)4)19(17)21-15(5)16-8-7-11-20-12-16;1-6-15-14-12(10(2)3)8-7-9-13(14)11(4)5;;;/h6-14H,1-5H3;7-11H,1-5H3;2*1H;/q;-1;;;+3/p-2. The van der Waals surface area contributed by atoms with E-state index in [1.807, 2.05) is 19.2 Å². The molecule has 1 heterocycles. The summed E-state index contributed by atoms with van der Waals surface area (Å²) in [6, 6.07) is 17.0. The van der Waals surface area contributed by atoms with Crippen molar-refractivity contribution in [2.75, 3.05) is 0 Å². The van der Waals surface area contributed by atoms with Crippen LogP contribution in [0.4, 0.5) is 11.4 Å². The summed E-state index contributed by atoms with van der Waals surface area (Å²) in [5, 5.41) is 0. The van der Waals surface area contributed by atoms with Crippen LogP contribution in [0.3, 0.4) is 0 Å². The van der Waals surface area contributed by atoms with Gasteiger partial charge in [-0.05, 0) is 47.8 Å². The largest absolute Gasteiger partial charge is 3.00 e. The van der Waals surface area contributed by atoms with E-state index in [2.05, 4.69) is 121 Å². The SMILES string of the molecule is CC(=Nc1c(C(C)C)cccc1C(C)C)c1cccnc1.C[C-]=Nc1c(C(C)C)cccc1C(C)C.[Cl-].[Cl-].[Co+3]. The van der Waals surface area contributed by atoms with Crippen molar-refractivity contribution >= 4 is 23.3 Å². The van der Waals surface area contributed by atoms with Gasteiger partial charge >= 0.3 is 16.8 Å². The summed E-state index contributed by atoms with van der Waals surface area (Å²) >= 11 is 0. The molecule has 3 aromatic rings. The minimum absolute atomic E-state index is 0. The molecule has 0 unspecified atom stereocenters. The third-order valence-electron chi connectivity index (χ3n) is 6.27. The Balaban J connectivity index is 0. The van der Waals surface area contributed by atoms with E-state index in [9.17, 15) is 0 Å². The molecule has 1 aromatic heterocycles. The van der Waals surface area contributed by atoms with Gasteiger partial charge in [0.15, 0.2) is 0 Å². The number of nitrogens with zero attached hydrogens (tertiary/aromatic N) is 3. The molecule has 214 valence electrons. The number of rotatable bonds is 7. The molecule has 0 saturated heterocycles. The molecule has 0 bridgehead atoms. The Labute approximate surface area is 260 Å². The Morgan fingerprint density at radius 1 is 0.667 bits per heavy atom. The van der Waals surface area contributed by atoms with Gasteiger partial charge in [-0.25, -0.2) is 0 Å². The molecule has 0 spiro atoms. The number of hydrogen-bond acceptors (Lipinski definition) is 3. The molecule has 3 rings (SSSR count). The predicted molar refractivity (Wildman–Crippen MR) is 158 cm³/mol. The molecule has 0 radical (unpaired) electrons. The number of hydrogen-bond donors (Lipinski definition) is 0. The van der Waals surface area contributed by atoms with Gasteiger partial charge in [-0.3, -0.25) is 9.98 Å². The van der Waals surface area contributed by atoms with E-state index in [-0.39, 0.29) is 41.6 Å². The van der Waals surface area contributed by atoms with Crippen molar-refractivity contribution in [1.29, 1.82) is 0 Å². The van der Waals surface area contributed by atoms with Crippen LogP contribution in [-0.2, 0) is 16.8 Å². The summed E-state index contributed by atoms with van der Waals surface area (Å²) in [6.45, 7) is 21.6. The minimum atomic E-state index is 0. The Hall–Kier alpha value is -1.98. The maximum absolute atomic E-state index is 4.95. The Morgan fingerprint density at radius 2 is 1.08 bits per heavy atom. The predicted octanol–water partition coefficient (Wildman–Crippen LogP) is 4.01. The summed E-state index contributed by atoms with van der Waals surface area (Å²) in [5.74, 6) is 1.94. The molecule has 0 N–H and O–H groups in total. The molecular weight excluding hydrogens is 568 g/mol. The van der Waals surface area contributed by atoms with E-state index < -0.39 is 0 Å². The Kier molecular flexibility index (Phi) is 19.2. The maximum Gasteiger partial charge on any atom is 3.00 e. The van der Waals surface area contributed by atoms with Crippen LogP contribution in [0.15, 0.2) is 70.9 Å². The zero-order chi connectivity index (χ0) is 26.8. The van der Waals surface area contributed by atoms with Crippen molar-refractivity contribution in [2.45, 2.75) is 92.9 Å². The van der Waals surface area contributed by atoms with Crippen molar-refractivity contribution in [3.8, 4) is 0 Å². The van der Waals surface area contributed by atoms with Gasteiger partial charge in [-0.1, -0.05) is 104 Å². The average molecular weight is 613 g/mol. The third kappa shape index (κ3) is 11.2. The van der Waals surface area contributed by atoms with Crippen molar-refractivity contribution in [1.82, 2.24) is 4.98 Å². The van der Waals surface area contributed by atoms with Gasteiger partial charge in [0.05, 0.1) is 5.69 Å². The smallest absolute Gasteiger partial charge is 1.00 e. The van der Waals surface area contributed by atoms with Crippen LogP contribution in [0.1, 0.15) is 121 Å². The van der Waals surface area contributed by atoms with Gasteiger partial charge in [-0.2, -0.15) is 6.21 Å². The molecule has 0 fully saturated rings. The van der Waals surface area contributed by atoms with E-state index in [0.29, 0.717) is 23.7 Å². The molecule has 0 aliphatic heterocycles. The number of benzene rings is 2. The minimum Gasteiger partial charge on any atom is -1.00 e. The Morgan fingerprint density at radius 3 is 1.41 bits per heavy atom. The van der Waals surface area contributed by atoms with E-state index in [1.165, 1.54) is 22.3 Å². The van der Waals surface area contributed by atoms with E-state index in [0.717, 1.165) is 22.6 Å². The second-order valence-electron chi connectivity index (χ2n) is 10.5. The Bertz CT molecular complexity index is 1120. The second kappa shape index (κ2) is 19.2. The average Bonchev–Trinajstić information content (AvgIpc) is 2.84. The summed E-state index contributed by atoms with van der Waals surface area (Å²) < 4.78 is 0. The maximum atomic E-state index is 4.95. The van der Waals surface area contributed by atoms with Crippen molar-refractivity contribution in [3.05, 3.63) is 88.7 Å². The zero-order valence-corrected chi connectivity index (χ0v) is 27.6. The van der Waals surface area contributed by atoms with Crippen LogP contribution >= 0.6 is 0 Å². The summed E-state index contributed by atoms with van der Waals surface area (Å²) in [7, 11) is 0. The number of aromatic nitrogens is 1. The quantitative estimate of drug-likeness (QED) is 0.294. The number of pyridine rings is 1. The van der Waals surface area contributed by atoms with Crippen molar-refractivity contribution in [2.24, 2.45) is 9.98 Å². The zero-order valence-electron chi connectivity index (χ0n) is 25.0. The summed E-state index contributed by atoms with van der Waals surface area (Å²) in [4.78, 5) is 13.5. The number of aliphatic imine (C=N–C) groups is 2. The fourth-order valence-electron chi connectivity index (χ4n) is 4.20. The molecule has 0 amide bonds. The first-order valence-electron chi connectivity index (χ1n) is 13.2. The molecule has 6 heteroatoms. The first-order valence-corrected chi connectivity index (χ1v) is 13.2. The summed E-state index contributed by atoms with van der Waals surface area (Å²) in [6.07, 6.45) is 6.56. The first-order chi connectivity index (χ1) is 17.1. The second-order valence-corrected chi connectivity index (χ2v) is 10.5. The fraction of sp³-hybridized carbons (Fsp3) is 0.424. The molecule has 0 aliphatic rings. The molecule has 2 aromatic carbocycles. The third-order valence-corrected chi connectivity index (χ3v) is 6.27. The van der Waals surface area contributed by atoms with Gasteiger partial charge in [0.2, 0.25) is 0 Å². The van der Waals surface area contributed by atoms with Gasteiger partial charge in [0.1, 0.15) is 0 Å². The molecular formula is C33H44Cl2CoN3. The molecule has 0 aliphatic carbocycles. The van der Waals surface area contributed by atoms with Crippen LogP contribution in [0.2, 0.25) is 0 Å². The molecule has 0 atom stereocenters. The number of para-hydroxylation sites is 2. The van der Waals surface area contributed by atoms with Crippen molar-refractivity contribution in [3.63, 3.8) is 0 Å². The summed E-state index contributed by atoms with van der Waals surface area (Å²) in [5.41, 5.74) is 9.58. The van der Waals surface area contributed by atoms with Crippen LogP contribution in [0.25, 0.3) is 0 Å². The monoisotopic (exact) mass is 611 g/mol. The van der Waals surface area contributed by atoms with Crippen LogP contribution in [0, 0.1) is 0 Å². The molecule has 0 saturated carbocycles. The van der Waals surface area contributed by atoms with Crippen molar-refractivity contribution < 1.29 is 41.6 Å². The molecule has 39 heavy (non-hydrogen) atoms. The van der Waals surface area contributed by atoms with Crippen LogP contribution < -0.4 is 24.8 Å². The normalized spacial score (nSPS) is 11.2. The van der Waals surface area contributed by atoms with Crippen LogP contribution in [-0.4, -0.2) is 16.9 Å². The number of halogens is 2. The van der Waals surface area contributed by atoms with Crippen LogP contribution in [0.5, 0.6) is 0 Å². The van der Waals surface area contributed by atoms with E-state index in [1.54, 1.807) is 6.20 Å². The first kappa shape index (κ1) is 39.2. The van der Waals surface area contributed by atoms with Gasteiger partial charge in [-0.15, -0.1) is 18.1 Å². The van der Waals surface area contributed by atoms with E-state index in [4.69, 9.17) is 4.99 Å². The topological polar surface area (TPSA) is 37.6 Å².